The SMILES string of the molecule is Clc1ccc(I)c(-c2nc(C3CCCN3)no2)c1. The van der Waals surface area contributed by atoms with Crippen LogP contribution in [0.5, 0.6) is 0 Å². The van der Waals surface area contributed by atoms with Gasteiger partial charge in [-0.2, -0.15) is 4.98 Å². The largest absolute Gasteiger partial charge is 0.334 e. The standard InChI is InChI=1S/C12H11ClIN3O/c13-7-3-4-9(14)8(6-7)12-16-11(17-18-12)10-2-1-5-15-10/h3-4,6,10,15H,1-2,5H2. The molecule has 1 N–H and O–H groups in total. The van der Waals surface area contributed by atoms with E-state index in [1.807, 2.05) is 18.2 Å². The quantitative estimate of drug-likeness (QED) is 0.817. The van der Waals surface area contributed by atoms with Gasteiger partial charge in [-0.05, 0) is 60.2 Å². The van der Waals surface area contributed by atoms with Gasteiger partial charge in [0.05, 0.1) is 11.6 Å². The van der Waals surface area contributed by atoms with Crippen LogP contribution in [-0.4, -0.2) is 16.7 Å². The van der Waals surface area contributed by atoms with Crippen molar-refractivity contribution in [2.24, 2.45) is 0 Å². The summed E-state index contributed by atoms with van der Waals surface area (Å²) in [6.45, 7) is 1.02. The van der Waals surface area contributed by atoms with Gasteiger partial charge in [0.1, 0.15) is 0 Å². The summed E-state index contributed by atoms with van der Waals surface area (Å²) in [4.78, 5) is 4.46. The van der Waals surface area contributed by atoms with Crippen LogP contribution in [0.1, 0.15) is 24.7 Å². The number of halogens is 2. The Kier molecular flexibility index (Phi) is 3.54. The third kappa shape index (κ3) is 2.39. The smallest absolute Gasteiger partial charge is 0.259 e. The zero-order chi connectivity index (χ0) is 12.5. The fourth-order valence-corrected chi connectivity index (χ4v) is 2.79. The first-order chi connectivity index (χ1) is 8.74. The van der Waals surface area contributed by atoms with Gasteiger partial charge >= 0.3 is 0 Å². The maximum Gasteiger partial charge on any atom is 0.259 e. The van der Waals surface area contributed by atoms with E-state index in [1.54, 1.807) is 0 Å². The van der Waals surface area contributed by atoms with Crippen LogP contribution in [0.4, 0.5) is 0 Å². The Morgan fingerprint density at radius 3 is 3.11 bits per heavy atom. The summed E-state index contributed by atoms with van der Waals surface area (Å²) >= 11 is 8.23. The van der Waals surface area contributed by atoms with E-state index in [-0.39, 0.29) is 6.04 Å². The molecule has 1 unspecified atom stereocenters. The van der Waals surface area contributed by atoms with Gasteiger partial charge < -0.3 is 9.84 Å². The highest BCUT2D eigenvalue weighted by Crippen LogP contribution is 2.29. The summed E-state index contributed by atoms with van der Waals surface area (Å²) < 4.78 is 6.38. The predicted octanol–water partition coefficient (Wildman–Crippen LogP) is 3.42. The van der Waals surface area contributed by atoms with E-state index in [0.717, 1.165) is 34.3 Å². The van der Waals surface area contributed by atoms with E-state index >= 15 is 0 Å². The van der Waals surface area contributed by atoms with Gasteiger partial charge in [-0.3, -0.25) is 0 Å². The molecule has 1 fully saturated rings. The number of nitrogens with one attached hydrogen (secondary N) is 1. The first-order valence-electron chi connectivity index (χ1n) is 5.76. The average molecular weight is 376 g/mol. The van der Waals surface area contributed by atoms with Crippen molar-refractivity contribution in [1.82, 2.24) is 15.5 Å². The summed E-state index contributed by atoms with van der Waals surface area (Å²) in [6.07, 6.45) is 2.22. The van der Waals surface area contributed by atoms with Gasteiger partial charge in [-0.15, -0.1) is 0 Å². The Morgan fingerprint density at radius 1 is 1.44 bits per heavy atom. The topological polar surface area (TPSA) is 51.0 Å². The highest BCUT2D eigenvalue weighted by molar-refractivity contribution is 14.1. The van der Waals surface area contributed by atoms with Crippen LogP contribution in [-0.2, 0) is 0 Å². The third-order valence-electron chi connectivity index (χ3n) is 2.97. The molecule has 0 aliphatic carbocycles. The van der Waals surface area contributed by atoms with E-state index in [0.29, 0.717) is 10.9 Å². The molecule has 94 valence electrons. The average Bonchev–Trinajstić information content (AvgIpc) is 3.00. The summed E-state index contributed by atoms with van der Waals surface area (Å²) in [5.41, 5.74) is 0.889. The monoisotopic (exact) mass is 375 g/mol. The van der Waals surface area contributed by atoms with Gasteiger partial charge in [0.2, 0.25) is 0 Å². The number of aromatic nitrogens is 2. The molecule has 0 bridgehead atoms. The molecule has 1 atom stereocenters. The van der Waals surface area contributed by atoms with Gasteiger partial charge in [0, 0.05) is 8.59 Å². The van der Waals surface area contributed by atoms with Crippen LogP contribution in [0.25, 0.3) is 11.5 Å². The summed E-state index contributed by atoms with van der Waals surface area (Å²) in [5.74, 6) is 1.27. The Hall–Kier alpha value is -0.660. The molecule has 0 amide bonds. The Labute approximate surface area is 123 Å². The number of nitrogens with zero attached hydrogens (tertiary/aromatic N) is 2. The minimum atomic E-state index is 0.222. The zero-order valence-corrected chi connectivity index (χ0v) is 12.4. The van der Waals surface area contributed by atoms with Gasteiger partial charge in [-0.25, -0.2) is 0 Å². The minimum absolute atomic E-state index is 0.222. The molecular weight excluding hydrogens is 365 g/mol. The fraction of sp³-hybridized carbons (Fsp3) is 0.333. The molecule has 1 aliphatic rings. The molecular formula is C12H11ClIN3O. The van der Waals surface area contributed by atoms with Crippen LogP contribution in [0, 0.1) is 3.57 Å². The van der Waals surface area contributed by atoms with Gasteiger partial charge in [0.25, 0.3) is 5.89 Å². The normalized spacial score (nSPS) is 19.3. The number of hydrogen-bond donors (Lipinski definition) is 1. The zero-order valence-electron chi connectivity index (χ0n) is 9.49. The van der Waals surface area contributed by atoms with E-state index in [1.165, 1.54) is 0 Å². The Morgan fingerprint density at radius 2 is 2.33 bits per heavy atom. The summed E-state index contributed by atoms with van der Waals surface area (Å²) in [6, 6.07) is 5.86. The fourth-order valence-electron chi connectivity index (χ4n) is 2.05. The summed E-state index contributed by atoms with van der Waals surface area (Å²) in [5, 5.41) is 8.07. The number of hydrogen-bond acceptors (Lipinski definition) is 4. The van der Waals surface area contributed by atoms with Crippen molar-refractivity contribution in [2.75, 3.05) is 6.54 Å². The minimum Gasteiger partial charge on any atom is -0.334 e. The second-order valence-electron chi connectivity index (χ2n) is 4.23. The lowest BCUT2D eigenvalue weighted by atomic mass is 10.2. The maximum absolute atomic E-state index is 6.00. The second kappa shape index (κ2) is 5.14. The van der Waals surface area contributed by atoms with Crippen LogP contribution >= 0.6 is 34.2 Å². The van der Waals surface area contributed by atoms with Crippen molar-refractivity contribution < 1.29 is 4.52 Å². The molecule has 0 saturated carbocycles. The van der Waals surface area contributed by atoms with Crippen molar-refractivity contribution in [1.29, 1.82) is 0 Å². The molecule has 1 aromatic heterocycles. The van der Waals surface area contributed by atoms with Crippen LogP contribution in [0.3, 0.4) is 0 Å². The summed E-state index contributed by atoms with van der Waals surface area (Å²) in [7, 11) is 0. The first kappa shape index (κ1) is 12.4. The Bertz CT molecular complexity index is 566. The predicted molar refractivity (Wildman–Crippen MR) is 77.4 cm³/mol. The van der Waals surface area contributed by atoms with E-state index < -0.39 is 0 Å². The molecule has 1 aromatic carbocycles. The van der Waals surface area contributed by atoms with Crippen molar-refractivity contribution in [3.05, 3.63) is 32.6 Å². The molecule has 1 saturated heterocycles. The highest BCUT2D eigenvalue weighted by atomic mass is 127. The van der Waals surface area contributed by atoms with Crippen LogP contribution < -0.4 is 5.32 Å². The Balaban J connectivity index is 1.94. The van der Waals surface area contributed by atoms with Crippen molar-refractivity contribution in [2.45, 2.75) is 18.9 Å². The van der Waals surface area contributed by atoms with Gasteiger partial charge in [0.15, 0.2) is 5.82 Å². The van der Waals surface area contributed by atoms with Crippen molar-refractivity contribution in [3.8, 4) is 11.5 Å². The molecule has 0 spiro atoms. The maximum atomic E-state index is 6.00. The number of rotatable bonds is 2. The van der Waals surface area contributed by atoms with E-state index in [4.69, 9.17) is 16.1 Å². The molecule has 6 heteroatoms. The lowest BCUT2D eigenvalue weighted by molar-refractivity contribution is 0.412. The lowest BCUT2D eigenvalue weighted by Gasteiger charge is -2.02. The first-order valence-corrected chi connectivity index (χ1v) is 7.22. The number of benzene rings is 1. The van der Waals surface area contributed by atoms with Crippen LogP contribution in [0.2, 0.25) is 5.02 Å². The van der Waals surface area contributed by atoms with Gasteiger partial charge in [-0.1, -0.05) is 16.8 Å². The molecule has 4 nitrogen and oxygen atoms in total. The van der Waals surface area contributed by atoms with E-state index in [9.17, 15) is 0 Å². The highest BCUT2D eigenvalue weighted by Gasteiger charge is 2.22. The molecule has 1 aliphatic heterocycles. The van der Waals surface area contributed by atoms with Crippen LogP contribution in [0.15, 0.2) is 22.7 Å². The molecule has 2 heterocycles. The lowest BCUT2D eigenvalue weighted by Crippen LogP contribution is -2.14. The van der Waals surface area contributed by atoms with Crippen molar-refractivity contribution in [3.63, 3.8) is 0 Å². The molecule has 18 heavy (non-hydrogen) atoms. The molecule has 3 rings (SSSR count). The molecule has 0 radical (unpaired) electrons. The second-order valence-corrected chi connectivity index (χ2v) is 5.83. The third-order valence-corrected chi connectivity index (χ3v) is 4.15. The van der Waals surface area contributed by atoms with Crippen molar-refractivity contribution >= 4 is 34.2 Å². The van der Waals surface area contributed by atoms with E-state index in [2.05, 4.69) is 38.0 Å². The molecule has 2 aromatic rings.